The molecule has 0 spiro atoms. The first kappa shape index (κ1) is 27.3. The van der Waals surface area contributed by atoms with Crippen LogP contribution < -0.4 is 10.8 Å². The second-order valence-corrected chi connectivity index (χ2v) is 13.3. The quantitative estimate of drug-likeness (QED) is 0.281. The van der Waals surface area contributed by atoms with Gasteiger partial charge in [0.05, 0.1) is 23.3 Å². The van der Waals surface area contributed by atoms with Crippen LogP contribution in [0, 0.1) is 13.8 Å². The van der Waals surface area contributed by atoms with E-state index in [0.717, 1.165) is 12.6 Å². The van der Waals surface area contributed by atoms with Gasteiger partial charge in [0.2, 0.25) is 0 Å². The number of hydrogen-bond acceptors (Lipinski definition) is 6. The molecule has 0 saturated carbocycles. The number of nitrogens with zero attached hydrogens (tertiary/aromatic N) is 4. The van der Waals surface area contributed by atoms with Crippen LogP contribution in [0.25, 0.3) is 10.9 Å². The van der Waals surface area contributed by atoms with Crippen LogP contribution in [0.1, 0.15) is 41.0 Å². The molecule has 4 aromatic rings. The number of nitrogens with one attached hydrogen (secondary N) is 1. The SMILES string of the molecule is Cc1nc(NC(C)c2cccc(C(F)(F)F)c2C)c2cc(P3(=O)CCN(Cc4ccccc4)CC3)ncc2n1. The molecular formula is C29H31F3N5OP. The Balaban J connectivity index is 1.41. The van der Waals surface area contributed by atoms with Crippen molar-refractivity contribution >= 4 is 29.3 Å². The fourth-order valence-corrected chi connectivity index (χ4v) is 7.77. The van der Waals surface area contributed by atoms with Gasteiger partial charge >= 0.3 is 6.18 Å². The van der Waals surface area contributed by atoms with E-state index in [-0.39, 0.29) is 5.56 Å². The number of halogens is 3. The van der Waals surface area contributed by atoms with Crippen LogP contribution in [-0.4, -0.2) is 45.3 Å². The molecule has 1 fully saturated rings. The lowest BCUT2D eigenvalue weighted by Crippen LogP contribution is -2.37. The molecule has 1 saturated heterocycles. The molecule has 0 aliphatic carbocycles. The molecule has 1 N–H and O–H groups in total. The van der Waals surface area contributed by atoms with Crippen LogP contribution in [-0.2, 0) is 17.3 Å². The molecule has 1 aliphatic rings. The number of benzene rings is 2. The van der Waals surface area contributed by atoms with Gasteiger partial charge < -0.3 is 9.88 Å². The van der Waals surface area contributed by atoms with Gasteiger partial charge in [0.25, 0.3) is 0 Å². The monoisotopic (exact) mass is 553 g/mol. The van der Waals surface area contributed by atoms with Gasteiger partial charge in [-0.2, -0.15) is 13.2 Å². The number of alkyl halides is 3. The van der Waals surface area contributed by atoms with Crippen LogP contribution in [0.3, 0.4) is 0 Å². The standard InChI is InChI=1S/C29H31F3N5OP/c1-19-23(10-7-11-25(19)29(30,31)32)20(2)34-28-24-16-27(33-17-26(24)35-21(3)36-28)39(38)14-12-37(13-15-39)18-22-8-5-4-6-9-22/h4-11,16-17,20H,12-15,18H2,1-3H3,(H,34,35,36). The first-order valence-corrected chi connectivity index (χ1v) is 15.0. The Morgan fingerprint density at radius 2 is 1.74 bits per heavy atom. The maximum absolute atomic E-state index is 14.0. The summed E-state index contributed by atoms with van der Waals surface area (Å²) < 4.78 is 54.5. The molecule has 204 valence electrons. The highest BCUT2D eigenvalue weighted by atomic mass is 31.2. The molecule has 2 aromatic carbocycles. The Bertz CT molecular complexity index is 1530. The normalized spacial score (nSPS) is 16.8. The van der Waals surface area contributed by atoms with Gasteiger partial charge in [-0.05, 0) is 49.6 Å². The van der Waals surface area contributed by atoms with Crippen molar-refractivity contribution in [2.45, 2.75) is 39.5 Å². The van der Waals surface area contributed by atoms with Gasteiger partial charge in [0.15, 0.2) is 0 Å². The van der Waals surface area contributed by atoms with Crippen molar-refractivity contribution in [1.29, 1.82) is 0 Å². The fourth-order valence-electron chi connectivity index (χ4n) is 5.24. The smallest absolute Gasteiger partial charge is 0.363 e. The van der Waals surface area contributed by atoms with Gasteiger partial charge in [0.1, 0.15) is 24.2 Å². The molecule has 1 aliphatic heterocycles. The number of aryl methyl sites for hydroxylation is 1. The number of rotatable bonds is 6. The second-order valence-electron chi connectivity index (χ2n) is 10.2. The van der Waals surface area contributed by atoms with E-state index in [9.17, 15) is 17.7 Å². The largest absolute Gasteiger partial charge is 0.416 e. The lowest BCUT2D eigenvalue weighted by Gasteiger charge is -2.32. The Labute approximate surface area is 226 Å². The topological polar surface area (TPSA) is 71.0 Å². The maximum Gasteiger partial charge on any atom is 0.416 e. The molecule has 6 nitrogen and oxygen atoms in total. The Morgan fingerprint density at radius 3 is 2.44 bits per heavy atom. The third-order valence-corrected chi connectivity index (χ3v) is 10.3. The fraction of sp³-hybridized carbons (Fsp3) is 0.345. The third kappa shape index (κ3) is 5.85. The molecule has 0 radical (unpaired) electrons. The Kier molecular flexibility index (Phi) is 7.49. The highest BCUT2D eigenvalue weighted by Gasteiger charge is 2.34. The van der Waals surface area contributed by atoms with Crippen molar-refractivity contribution in [3.05, 3.63) is 88.9 Å². The molecule has 39 heavy (non-hydrogen) atoms. The first-order chi connectivity index (χ1) is 18.5. The lowest BCUT2D eigenvalue weighted by molar-refractivity contribution is -0.138. The van der Waals surface area contributed by atoms with E-state index < -0.39 is 24.9 Å². The average molecular weight is 554 g/mol. The van der Waals surface area contributed by atoms with Gasteiger partial charge in [-0.15, -0.1) is 0 Å². The van der Waals surface area contributed by atoms with E-state index in [1.54, 1.807) is 32.2 Å². The van der Waals surface area contributed by atoms with Crippen LogP contribution in [0.5, 0.6) is 0 Å². The van der Waals surface area contributed by atoms with Gasteiger partial charge in [-0.3, -0.25) is 9.88 Å². The van der Waals surface area contributed by atoms with E-state index in [1.165, 1.54) is 18.6 Å². The second kappa shape index (κ2) is 10.7. The summed E-state index contributed by atoms with van der Waals surface area (Å²) in [6.45, 7) is 7.29. The van der Waals surface area contributed by atoms with Crippen LogP contribution >= 0.6 is 7.14 Å². The van der Waals surface area contributed by atoms with E-state index in [4.69, 9.17) is 0 Å². The minimum Gasteiger partial charge on any atom is -0.363 e. The van der Waals surface area contributed by atoms with E-state index in [1.807, 2.05) is 18.2 Å². The summed E-state index contributed by atoms with van der Waals surface area (Å²) in [5.41, 5.74) is 2.42. The molecular weight excluding hydrogens is 522 g/mol. The van der Waals surface area contributed by atoms with Crippen molar-refractivity contribution in [3.63, 3.8) is 0 Å². The van der Waals surface area contributed by atoms with Gasteiger partial charge in [0, 0.05) is 37.3 Å². The highest BCUT2D eigenvalue weighted by molar-refractivity contribution is 7.71. The van der Waals surface area contributed by atoms with E-state index >= 15 is 0 Å². The molecule has 1 atom stereocenters. The predicted molar refractivity (Wildman–Crippen MR) is 149 cm³/mol. The van der Waals surface area contributed by atoms with Gasteiger partial charge in [-0.25, -0.2) is 9.97 Å². The minimum atomic E-state index is -4.43. The van der Waals surface area contributed by atoms with E-state index in [2.05, 4.69) is 37.3 Å². The van der Waals surface area contributed by atoms with Crippen molar-refractivity contribution in [2.75, 3.05) is 30.7 Å². The van der Waals surface area contributed by atoms with Gasteiger partial charge in [-0.1, -0.05) is 42.5 Å². The molecule has 0 bridgehead atoms. The summed E-state index contributed by atoms with van der Waals surface area (Å²) in [5.74, 6) is 0.994. The summed E-state index contributed by atoms with van der Waals surface area (Å²) in [6, 6.07) is 15.8. The van der Waals surface area contributed by atoms with Crippen LogP contribution in [0.4, 0.5) is 19.0 Å². The predicted octanol–water partition coefficient (Wildman–Crippen LogP) is 6.34. The molecule has 2 aromatic heterocycles. The first-order valence-electron chi connectivity index (χ1n) is 13.0. The summed E-state index contributed by atoms with van der Waals surface area (Å²) >= 11 is 0. The molecule has 1 unspecified atom stereocenters. The number of pyridine rings is 1. The zero-order chi connectivity index (χ0) is 27.8. The zero-order valence-electron chi connectivity index (χ0n) is 22.2. The van der Waals surface area contributed by atoms with Crippen LogP contribution in [0.2, 0.25) is 0 Å². The summed E-state index contributed by atoms with van der Waals surface area (Å²) in [5, 5.41) is 3.95. The minimum absolute atomic E-state index is 0.175. The number of fused-ring (bicyclic) bond motifs is 1. The highest BCUT2D eigenvalue weighted by Crippen LogP contribution is 2.46. The van der Waals surface area contributed by atoms with Crippen LogP contribution in [0.15, 0.2) is 60.8 Å². The number of anilines is 1. The maximum atomic E-state index is 14.0. The molecule has 0 amide bonds. The molecule has 3 heterocycles. The molecule has 10 heteroatoms. The average Bonchev–Trinajstić information content (AvgIpc) is 2.90. The van der Waals surface area contributed by atoms with Crippen molar-refractivity contribution in [1.82, 2.24) is 19.9 Å². The third-order valence-electron chi connectivity index (χ3n) is 7.40. The number of hydrogen-bond donors (Lipinski definition) is 1. The van der Waals surface area contributed by atoms with Crippen molar-refractivity contribution in [3.8, 4) is 0 Å². The van der Waals surface area contributed by atoms with E-state index in [0.29, 0.717) is 59.0 Å². The summed E-state index contributed by atoms with van der Waals surface area (Å²) in [7, 11) is -2.73. The number of aromatic nitrogens is 3. The molecule has 5 rings (SSSR count). The zero-order valence-corrected chi connectivity index (χ0v) is 23.1. The van der Waals surface area contributed by atoms with Crippen molar-refractivity contribution < 1.29 is 17.7 Å². The Hall–Kier alpha value is -3.29. The summed E-state index contributed by atoms with van der Waals surface area (Å²) in [4.78, 5) is 15.9. The lowest BCUT2D eigenvalue weighted by atomic mass is 9.97. The summed E-state index contributed by atoms with van der Waals surface area (Å²) in [6.07, 6.45) is -1.73. The Morgan fingerprint density at radius 1 is 1.03 bits per heavy atom. The van der Waals surface area contributed by atoms with Crippen molar-refractivity contribution in [2.24, 2.45) is 0 Å².